The fourth-order valence-corrected chi connectivity index (χ4v) is 6.43. The van der Waals surface area contributed by atoms with Crippen LogP contribution in [0.15, 0.2) is 59.6 Å². The van der Waals surface area contributed by atoms with Gasteiger partial charge in [0.1, 0.15) is 11.3 Å². The molecule has 0 radical (unpaired) electrons. The molecular weight excluding hydrogens is 410 g/mol. The summed E-state index contributed by atoms with van der Waals surface area (Å²) in [5.74, 6) is 2.70. The first-order chi connectivity index (χ1) is 16.0. The first kappa shape index (κ1) is 22.1. The molecule has 2 aromatic rings. The third kappa shape index (κ3) is 4.08. The second-order valence-corrected chi connectivity index (χ2v) is 10.4. The number of hydrogen-bond acceptors (Lipinski definition) is 4. The normalized spacial score (nSPS) is 30.1. The van der Waals surface area contributed by atoms with Crippen molar-refractivity contribution in [1.29, 1.82) is 0 Å². The van der Waals surface area contributed by atoms with E-state index in [1.165, 1.54) is 5.56 Å². The summed E-state index contributed by atoms with van der Waals surface area (Å²) in [4.78, 5) is 21.4. The Kier molecular flexibility index (Phi) is 6.00. The second kappa shape index (κ2) is 8.94. The Bertz CT molecular complexity index is 1000. The van der Waals surface area contributed by atoms with Crippen LogP contribution in [0.2, 0.25) is 0 Å². The lowest BCUT2D eigenvalue weighted by Gasteiger charge is -2.51. The minimum Gasteiger partial charge on any atom is -0.497 e. The molecule has 4 aliphatic rings. The average Bonchev–Trinajstić information content (AvgIpc) is 3.13. The van der Waals surface area contributed by atoms with Crippen molar-refractivity contribution in [3.8, 4) is 5.75 Å². The van der Waals surface area contributed by atoms with Gasteiger partial charge in [-0.15, -0.1) is 0 Å². The summed E-state index contributed by atoms with van der Waals surface area (Å²) in [6, 6.07) is 18.9. The zero-order valence-corrected chi connectivity index (χ0v) is 19.9. The largest absolute Gasteiger partial charge is 0.497 e. The molecule has 4 bridgehead atoms. The number of carbonyl (C=O) groups excluding carboxylic acids is 1. The van der Waals surface area contributed by atoms with Crippen LogP contribution < -0.4 is 10.1 Å². The van der Waals surface area contributed by atoms with Crippen LogP contribution in [0, 0.1) is 23.7 Å². The van der Waals surface area contributed by atoms with Crippen LogP contribution >= 0.6 is 0 Å². The molecule has 2 aromatic carbocycles. The van der Waals surface area contributed by atoms with Crippen molar-refractivity contribution in [2.24, 2.45) is 28.7 Å². The van der Waals surface area contributed by atoms with Gasteiger partial charge >= 0.3 is 0 Å². The standard InChI is InChI=1S/C28H35N3O2/c1-19(2)13-25-26-24-16-30-28(25,27(32)29-15-20-7-5-4-6-8-20)14-22(24)18-31(26)17-21-9-11-23(33-3)12-10-21/h4-12,16,19,22,24-26H,13-15,17-18H2,1-3H3,(H,29,32)/t22-,24-,25-,26+,28+/m1/s1. The van der Waals surface area contributed by atoms with E-state index >= 15 is 0 Å². The van der Waals surface area contributed by atoms with E-state index in [0.717, 1.165) is 37.2 Å². The van der Waals surface area contributed by atoms with E-state index in [9.17, 15) is 4.79 Å². The van der Waals surface area contributed by atoms with Gasteiger partial charge in [-0.2, -0.15) is 0 Å². The van der Waals surface area contributed by atoms with Crippen molar-refractivity contribution < 1.29 is 9.53 Å². The molecule has 5 heteroatoms. The summed E-state index contributed by atoms with van der Waals surface area (Å²) in [6.07, 6.45) is 4.01. The highest BCUT2D eigenvalue weighted by atomic mass is 16.5. The van der Waals surface area contributed by atoms with Crippen molar-refractivity contribution in [3.63, 3.8) is 0 Å². The maximum absolute atomic E-state index is 13.7. The molecule has 0 spiro atoms. The van der Waals surface area contributed by atoms with Gasteiger partial charge in [0, 0.05) is 43.7 Å². The van der Waals surface area contributed by atoms with Crippen LogP contribution in [-0.2, 0) is 17.9 Å². The molecule has 3 heterocycles. The van der Waals surface area contributed by atoms with Gasteiger partial charge in [0.25, 0.3) is 0 Å². The molecule has 2 fully saturated rings. The zero-order valence-electron chi connectivity index (χ0n) is 19.9. The maximum atomic E-state index is 13.7. The molecule has 1 saturated heterocycles. The Morgan fingerprint density at radius 2 is 1.91 bits per heavy atom. The van der Waals surface area contributed by atoms with E-state index in [-0.39, 0.29) is 11.8 Å². The fraction of sp³-hybridized carbons (Fsp3) is 0.500. The van der Waals surface area contributed by atoms with Gasteiger partial charge in [-0.3, -0.25) is 14.7 Å². The molecule has 1 N–H and O–H groups in total. The lowest BCUT2D eigenvalue weighted by molar-refractivity contribution is -0.132. The number of amides is 1. The maximum Gasteiger partial charge on any atom is 0.248 e. The number of nitrogens with one attached hydrogen (secondary N) is 1. The molecule has 174 valence electrons. The van der Waals surface area contributed by atoms with Crippen LogP contribution in [0.25, 0.3) is 0 Å². The van der Waals surface area contributed by atoms with Gasteiger partial charge in [-0.25, -0.2) is 0 Å². The number of likely N-dealkylation sites (tertiary alicyclic amines) is 1. The predicted molar refractivity (Wildman–Crippen MR) is 131 cm³/mol. The van der Waals surface area contributed by atoms with Crippen LogP contribution in [0.3, 0.4) is 0 Å². The zero-order chi connectivity index (χ0) is 23.0. The number of hydrogen-bond donors (Lipinski definition) is 1. The predicted octanol–water partition coefficient (Wildman–Crippen LogP) is 4.32. The molecule has 1 amide bonds. The highest BCUT2D eigenvalue weighted by Gasteiger charge is 2.63. The van der Waals surface area contributed by atoms with E-state index in [2.05, 4.69) is 54.5 Å². The monoisotopic (exact) mass is 445 g/mol. The van der Waals surface area contributed by atoms with Gasteiger partial charge in [0.15, 0.2) is 0 Å². The summed E-state index contributed by atoms with van der Waals surface area (Å²) in [5, 5.41) is 3.25. The number of benzene rings is 2. The Morgan fingerprint density at radius 1 is 1.15 bits per heavy atom. The minimum atomic E-state index is -0.641. The van der Waals surface area contributed by atoms with Crippen LogP contribution in [0.1, 0.15) is 37.8 Å². The molecule has 6 rings (SSSR count). The molecule has 0 aromatic heterocycles. The van der Waals surface area contributed by atoms with E-state index < -0.39 is 5.54 Å². The van der Waals surface area contributed by atoms with Gasteiger partial charge in [0.05, 0.1) is 7.11 Å². The van der Waals surface area contributed by atoms with E-state index in [1.54, 1.807) is 7.11 Å². The lowest BCUT2D eigenvalue weighted by atomic mass is 9.59. The Morgan fingerprint density at radius 3 is 2.61 bits per heavy atom. The summed E-state index contributed by atoms with van der Waals surface area (Å²) in [7, 11) is 1.70. The number of aliphatic imine (C=N–C) groups is 1. The summed E-state index contributed by atoms with van der Waals surface area (Å²) < 4.78 is 5.33. The topological polar surface area (TPSA) is 53.9 Å². The Labute approximate surface area is 197 Å². The third-order valence-electron chi connectivity index (χ3n) is 7.86. The molecule has 0 unspecified atom stereocenters. The highest BCUT2D eigenvalue weighted by molar-refractivity contribution is 5.91. The quantitative estimate of drug-likeness (QED) is 0.659. The number of rotatable bonds is 8. The number of nitrogens with zero attached hydrogens (tertiary/aromatic N) is 2. The van der Waals surface area contributed by atoms with Gasteiger partial charge in [-0.05, 0) is 47.9 Å². The number of methoxy groups -OCH3 is 1. The van der Waals surface area contributed by atoms with Crippen molar-refractivity contribution in [2.45, 2.75) is 51.4 Å². The first-order valence-corrected chi connectivity index (χ1v) is 12.2. The smallest absolute Gasteiger partial charge is 0.248 e. The van der Waals surface area contributed by atoms with Gasteiger partial charge < -0.3 is 10.1 Å². The fourth-order valence-electron chi connectivity index (χ4n) is 6.43. The number of carbonyl (C=O) groups is 1. The molecular formula is C28H35N3O2. The third-order valence-corrected chi connectivity index (χ3v) is 7.86. The van der Waals surface area contributed by atoms with E-state index in [4.69, 9.17) is 9.73 Å². The minimum absolute atomic E-state index is 0.104. The van der Waals surface area contributed by atoms with Crippen molar-refractivity contribution in [1.82, 2.24) is 10.2 Å². The molecule has 1 aliphatic carbocycles. The molecule has 3 aliphatic heterocycles. The SMILES string of the molecule is COc1ccc(CN2C[C@H]3C[C@]4(C(=O)NCc5ccccc5)N=C[C@H]3[C@H]2[C@H]4CC(C)C)cc1. The molecule has 1 saturated carbocycles. The van der Waals surface area contributed by atoms with Crippen LogP contribution in [0.5, 0.6) is 5.75 Å². The van der Waals surface area contributed by atoms with E-state index in [0.29, 0.717) is 30.3 Å². The molecule has 5 nitrogen and oxygen atoms in total. The van der Waals surface area contributed by atoms with Crippen molar-refractivity contribution >= 4 is 12.1 Å². The Hall–Kier alpha value is -2.66. The molecule has 33 heavy (non-hydrogen) atoms. The second-order valence-electron chi connectivity index (χ2n) is 10.4. The molecule has 5 atom stereocenters. The average molecular weight is 446 g/mol. The van der Waals surface area contributed by atoms with Crippen molar-refractivity contribution in [3.05, 3.63) is 65.7 Å². The highest BCUT2D eigenvalue weighted by Crippen LogP contribution is 2.55. The summed E-state index contributed by atoms with van der Waals surface area (Å²) >= 11 is 0. The van der Waals surface area contributed by atoms with E-state index in [1.807, 2.05) is 30.3 Å². The van der Waals surface area contributed by atoms with Crippen LogP contribution in [0.4, 0.5) is 0 Å². The van der Waals surface area contributed by atoms with Crippen molar-refractivity contribution in [2.75, 3.05) is 13.7 Å². The summed E-state index contributed by atoms with van der Waals surface area (Å²) in [5.41, 5.74) is 1.78. The first-order valence-electron chi connectivity index (χ1n) is 12.2. The van der Waals surface area contributed by atoms with Crippen LogP contribution in [-0.4, -0.2) is 42.3 Å². The Balaban J connectivity index is 1.39. The summed E-state index contributed by atoms with van der Waals surface area (Å²) in [6.45, 7) is 7.03. The van der Waals surface area contributed by atoms with Gasteiger partial charge in [-0.1, -0.05) is 56.3 Å². The number of ether oxygens (including phenoxy) is 1. The lowest BCUT2D eigenvalue weighted by Crippen LogP contribution is -2.63. The van der Waals surface area contributed by atoms with Gasteiger partial charge in [0.2, 0.25) is 5.91 Å².